The van der Waals surface area contributed by atoms with Gasteiger partial charge in [0, 0.05) is 22.7 Å². The molecule has 1 unspecified atom stereocenters. The molecule has 136 valence electrons. The average molecular weight is 371 g/mol. The Kier molecular flexibility index (Phi) is 4.88. The molecule has 1 spiro atoms. The lowest BCUT2D eigenvalue weighted by Gasteiger charge is -2.23. The maximum Gasteiger partial charge on any atom is 0.228 e. The standard InChI is InChI=1S/C21H23ClN2O2/c22-16-6-4-15(5-7-16)14-26-18-3-1-2-17(12-18)24-20(25)19-13-21(19)8-10-23-11-9-21/h1-7,12,19,23H,8-11,13-14H2,(H,24,25). The number of ether oxygens (including phenoxy) is 1. The van der Waals surface area contributed by atoms with Gasteiger partial charge in [0.25, 0.3) is 0 Å². The fourth-order valence-corrected chi connectivity index (χ4v) is 3.96. The van der Waals surface area contributed by atoms with Crippen molar-refractivity contribution in [1.29, 1.82) is 0 Å². The highest BCUT2D eigenvalue weighted by Gasteiger charge is 2.57. The van der Waals surface area contributed by atoms with E-state index < -0.39 is 0 Å². The van der Waals surface area contributed by atoms with Gasteiger partial charge in [-0.3, -0.25) is 4.79 Å². The molecule has 0 aromatic heterocycles. The van der Waals surface area contributed by atoms with Crippen molar-refractivity contribution < 1.29 is 9.53 Å². The molecule has 26 heavy (non-hydrogen) atoms. The second kappa shape index (κ2) is 7.29. The van der Waals surface area contributed by atoms with Gasteiger partial charge in [0.1, 0.15) is 12.4 Å². The monoisotopic (exact) mass is 370 g/mol. The van der Waals surface area contributed by atoms with Crippen molar-refractivity contribution in [3.63, 3.8) is 0 Å². The van der Waals surface area contributed by atoms with E-state index in [-0.39, 0.29) is 17.2 Å². The van der Waals surface area contributed by atoms with Crippen LogP contribution in [0.1, 0.15) is 24.8 Å². The summed E-state index contributed by atoms with van der Waals surface area (Å²) in [4.78, 5) is 12.6. The molecular formula is C21H23ClN2O2. The molecule has 1 aliphatic carbocycles. The van der Waals surface area contributed by atoms with Crippen molar-refractivity contribution >= 4 is 23.2 Å². The second-order valence-corrected chi connectivity index (χ2v) is 7.74. The van der Waals surface area contributed by atoms with E-state index in [0.717, 1.165) is 49.4 Å². The Morgan fingerprint density at radius 2 is 1.96 bits per heavy atom. The number of piperidine rings is 1. The number of hydrogen-bond donors (Lipinski definition) is 2. The molecular weight excluding hydrogens is 348 g/mol. The van der Waals surface area contributed by atoms with E-state index in [4.69, 9.17) is 16.3 Å². The fourth-order valence-electron chi connectivity index (χ4n) is 3.84. The zero-order valence-corrected chi connectivity index (χ0v) is 15.4. The second-order valence-electron chi connectivity index (χ2n) is 7.30. The summed E-state index contributed by atoms with van der Waals surface area (Å²) < 4.78 is 5.84. The molecule has 1 saturated heterocycles. The third kappa shape index (κ3) is 3.87. The number of hydrogen-bond acceptors (Lipinski definition) is 3. The Labute approximate surface area is 158 Å². The first kappa shape index (κ1) is 17.4. The summed E-state index contributed by atoms with van der Waals surface area (Å²) in [7, 11) is 0. The molecule has 1 saturated carbocycles. The van der Waals surface area contributed by atoms with Gasteiger partial charge in [-0.2, -0.15) is 0 Å². The first-order valence-corrected chi connectivity index (χ1v) is 9.51. The smallest absolute Gasteiger partial charge is 0.228 e. The van der Waals surface area contributed by atoms with Crippen molar-refractivity contribution in [1.82, 2.24) is 5.32 Å². The number of halogens is 1. The van der Waals surface area contributed by atoms with Crippen LogP contribution in [-0.2, 0) is 11.4 Å². The van der Waals surface area contributed by atoms with Crippen molar-refractivity contribution in [2.24, 2.45) is 11.3 Å². The summed E-state index contributed by atoms with van der Waals surface area (Å²) in [6.07, 6.45) is 3.23. The molecule has 2 fully saturated rings. The minimum atomic E-state index is 0.141. The summed E-state index contributed by atoms with van der Waals surface area (Å²) in [5, 5.41) is 7.15. The van der Waals surface area contributed by atoms with Gasteiger partial charge in [0.05, 0.1) is 0 Å². The molecule has 1 amide bonds. The van der Waals surface area contributed by atoms with E-state index >= 15 is 0 Å². The topological polar surface area (TPSA) is 50.4 Å². The first-order chi connectivity index (χ1) is 12.6. The SMILES string of the molecule is O=C(Nc1cccc(OCc2ccc(Cl)cc2)c1)C1CC12CCNCC2. The lowest BCUT2D eigenvalue weighted by molar-refractivity contribution is -0.118. The van der Waals surface area contributed by atoms with Crippen LogP contribution in [0.15, 0.2) is 48.5 Å². The summed E-state index contributed by atoms with van der Waals surface area (Å²) in [6, 6.07) is 15.2. The normalized spacial score (nSPS) is 20.6. The van der Waals surface area contributed by atoms with Crippen LogP contribution in [0, 0.1) is 11.3 Å². The van der Waals surface area contributed by atoms with Crippen LogP contribution in [0.4, 0.5) is 5.69 Å². The van der Waals surface area contributed by atoms with Crippen molar-refractivity contribution in [2.45, 2.75) is 25.9 Å². The number of carbonyl (C=O) groups excluding carboxylic acids is 1. The quantitative estimate of drug-likeness (QED) is 0.827. The molecule has 0 bridgehead atoms. The molecule has 0 radical (unpaired) electrons. The highest BCUT2D eigenvalue weighted by molar-refractivity contribution is 6.30. The third-order valence-electron chi connectivity index (χ3n) is 5.53. The Morgan fingerprint density at radius 1 is 1.19 bits per heavy atom. The highest BCUT2D eigenvalue weighted by Crippen LogP contribution is 2.58. The van der Waals surface area contributed by atoms with Gasteiger partial charge in [0.15, 0.2) is 0 Å². The number of amides is 1. The molecule has 2 N–H and O–H groups in total. The van der Waals surface area contributed by atoms with Gasteiger partial charge < -0.3 is 15.4 Å². The number of carbonyl (C=O) groups is 1. The van der Waals surface area contributed by atoms with Gasteiger partial charge >= 0.3 is 0 Å². The zero-order valence-electron chi connectivity index (χ0n) is 14.6. The van der Waals surface area contributed by atoms with Crippen molar-refractivity contribution in [3.05, 3.63) is 59.1 Å². The van der Waals surface area contributed by atoms with E-state index in [2.05, 4.69) is 10.6 Å². The summed E-state index contributed by atoms with van der Waals surface area (Å²) >= 11 is 5.90. The maximum absolute atomic E-state index is 12.6. The van der Waals surface area contributed by atoms with E-state index in [1.807, 2.05) is 48.5 Å². The predicted molar refractivity (Wildman–Crippen MR) is 103 cm³/mol. The molecule has 5 heteroatoms. The molecule has 1 aliphatic heterocycles. The molecule has 1 atom stereocenters. The van der Waals surface area contributed by atoms with E-state index in [9.17, 15) is 4.79 Å². The summed E-state index contributed by atoms with van der Waals surface area (Å²) in [5.41, 5.74) is 2.09. The number of anilines is 1. The number of nitrogens with one attached hydrogen (secondary N) is 2. The summed E-state index contributed by atoms with van der Waals surface area (Å²) in [6.45, 7) is 2.52. The Balaban J connectivity index is 1.34. The van der Waals surface area contributed by atoms with Gasteiger partial charge in [-0.05, 0) is 67.6 Å². The van der Waals surface area contributed by atoms with Crippen molar-refractivity contribution in [3.8, 4) is 5.75 Å². The molecule has 2 aromatic rings. The van der Waals surface area contributed by atoms with Crippen LogP contribution in [0.3, 0.4) is 0 Å². The van der Waals surface area contributed by atoms with Crippen LogP contribution in [0.5, 0.6) is 5.75 Å². The van der Waals surface area contributed by atoms with Gasteiger partial charge in [0.2, 0.25) is 5.91 Å². The van der Waals surface area contributed by atoms with E-state index in [0.29, 0.717) is 11.6 Å². The molecule has 2 aromatic carbocycles. The number of benzene rings is 2. The Hall–Kier alpha value is -2.04. The van der Waals surface area contributed by atoms with Crippen LogP contribution < -0.4 is 15.4 Å². The fraction of sp³-hybridized carbons (Fsp3) is 0.381. The largest absolute Gasteiger partial charge is 0.489 e. The minimum Gasteiger partial charge on any atom is -0.489 e. The van der Waals surface area contributed by atoms with Gasteiger partial charge in [-0.15, -0.1) is 0 Å². The van der Waals surface area contributed by atoms with E-state index in [1.54, 1.807) is 0 Å². The molecule has 2 aliphatic rings. The predicted octanol–water partition coefficient (Wildman–Crippen LogP) is 4.25. The maximum atomic E-state index is 12.6. The van der Waals surface area contributed by atoms with Gasteiger partial charge in [-0.1, -0.05) is 29.8 Å². The lowest BCUT2D eigenvalue weighted by atomic mass is 9.92. The van der Waals surface area contributed by atoms with Crippen LogP contribution in [-0.4, -0.2) is 19.0 Å². The van der Waals surface area contributed by atoms with Gasteiger partial charge in [-0.25, -0.2) is 0 Å². The van der Waals surface area contributed by atoms with Crippen LogP contribution >= 0.6 is 11.6 Å². The van der Waals surface area contributed by atoms with E-state index in [1.165, 1.54) is 0 Å². The zero-order chi connectivity index (χ0) is 18.0. The Morgan fingerprint density at radius 3 is 2.73 bits per heavy atom. The first-order valence-electron chi connectivity index (χ1n) is 9.14. The number of rotatable bonds is 5. The van der Waals surface area contributed by atoms with Crippen molar-refractivity contribution in [2.75, 3.05) is 18.4 Å². The molecule has 1 heterocycles. The highest BCUT2D eigenvalue weighted by atomic mass is 35.5. The average Bonchev–Trinajstić information content (AvgIpc) is 3.35. The van der Waals surface area contributed by atoms with Crippen LogP contribution in [0.2, 0.25) is 5.02 Å². The minimum absolute atomic E-state index is 0.141. The third-order valence-corrected chi connectivity index (χ3v) is 5.78. The Bertz CT molecular complexity index is 785. The summed E-state index contributed by atoms with van der Waals surface area (Å²) in [5.74, 6) is 1.04. The lowest BCUT2D eigenvalue weighted by Crippen LogP contribution is -2.31. The molecule has 4 rings (SSSR count). The van der Waals surface area contributed by atoms with Crippen LogP contribution in [0.25, 0.3) is 0 Å². The molecule has 4 nitrogen and oxygen atoms in total.